The van der Waals surface area contributed by atoms with Gasteiger partial charge >= 0.3 is 0 Å². The number of benzene rings is 1. The first-order valence-electron chi connectivity index (χ1n) is 10.4. The molecule has 2 N–H and O–H groups in total. The van der Waals surface area contributed by atoms with Crippen molar-refractivity contribution in [3.05, 3.63) is 45.6 Å². The van der Waals surface area contributed by atoms with Gasteiger partial charge in [-0.15, -0.1) is 0 Å². The molecule has 0 aliphatic heterocycles. The number of thioether (sulfide) groups is 1. The summed E-state index contributed by atoms with van der Waals surface area (Å²) in [5, 5.41) is 23.5. The van der Waals surface area contributed by atoms with E-state index >= 15 is 0 Å². The Labute approximate surface area is 190 Å². The first kappa shape index (κ1) is 23.5. The summed E-state index contributed by atoms with van der Waals surface area (Å²) in [5.74, 6) is 0.354. The molecule has 0 saturated carbocycles. The molecular weight excluding hydrogens is 430 g/mol. The number of rotatable bonds is 9. The average Bonchev–Trinajstić information content (AvgIpc) is 3.10. The van der Waals surface area contributed by atoms with Crippen molar-refractivity contribution in [1.29, 1.82) is 0 Å². The van der Waals surface area contributed by atoms with E-state index < -0.39 is 4.92 Å². The molecule has 0 radical (unpaired) electrons. The summed E-state index contributed by atoms with van der Waals surface area (Å²) in [5.41, 5.74) is 1.36. The van der Waals surface area contributed by atoms with Crippen LogP contribution < -0.4 is 10.6 Å². The van der Waals surface area contributed by atoms with Crippen molar-refractivity contribution in [3.63, 3.8) is 0 Å². The first-order chi connectivity index (χ1) is 15.2. The van der Waals surface area contributed by atoms with E-state index in [2.05, 4.69) is 39.5 Å². The van der Waals surface area contributed by atoms with E-state index in [9.17, 15) is 14.9 Å². The molecule has 1 aromatic carbocycles. The number of hydrogen-bond donors (Lipinski definition) is 2. The normalized spacial score (nSPS) is 11.3. The molecule has 0 unspecified atom stereocenters. The smallest absolute Gasteiger partial charge is 0.273 e. The van der Waals surface area contributed by atoms with E-state index in [1.807, 2.05) is 13.8 Å². The van der Waals surface area contributed by atoms with Crippen LogP contribution in [0.25, 0.3) is 11.0 Å². The van der Waals surface area contributed by atoms with Gasteiger partial charge in [-0.25, -0.2) is 14.6 Å². The van der Waals surface area contributed by atoms with Crippen molar-refractivity contribution < 1.29 is 9.72 Å². The van der Waals surface area contributed by atoms with Gasteiger partial charge in [0.1, 0.15) is 5.82 Å². The Kier molecular flexibility index (Phi) is 7.29. The minimum Gasteiger partial charge on any atom is -0.367 e. The highest BCUT2D eigenvalue weighted by atomic mass is 32.2. The fraction of sp³-hybridized carbons (Fsp3) is 0.429. The second-order valence-electron chi connectivity index (χ2n) is 7.94. The molecule has 11 heteroatoms. The molecule has 0 atom stereocenters. The van der Waals surface area contributed by atoms with E-state index in [4.69, 9.17) is 0 Å². The van der Waals surface area contributed by atoms with Gasteiger partial charge in [0, 0.05) is 35.0 Å². The van der Waals surface area contributed by atoms with Crippen LogP contribution in [-0.4, -0.2) is 48.4 Å². The third kappa shape index (κ3) is 5.52. The molecule has 2 aromatic heterocycles. The van der Waals surface area contributed by atoms with Crippen LogP contribution in [0.1, 0.15) is 43.6 Å². The Morgan fingerprint density at radius 2 is 2.00 bits per heavy atom. The third-order valence-corrected chi connectivity index (χ3v) is 5.38. The second-order valence-corrected chi connectivity index (χ2v) is 9.48. The summed E-state index contributed by atoms with van der Waals surface area (Å²) in [4.78, 5) is 32.4. The standard InChI is InChI=1S/C21H27N7O3S/c1-12(2)24-18-16-11-23-27(19(16)26-21(25-18)32-13(3)4)9-8-22-20(29)15-7-6-14(5)17(10-15)28(30)31/h6-7,10-13H,8-9H2,1-5H3,(H,22,29)(H,24,25,26). The lowest BCUT2D eigenvalue weighted by molar-refractivity contribution is -0.385. The van der Waals surface area contributed by atoms with Crippen LogP contribution in [0, 0.1) is 17.0 Å². The summed E-state index contributed by atoms with van der Waals surface area (Å²) in [6, 6.07) is 4.64. The lowest BCUT2D eigenvalue weighted by Crippen LogP contribution is -2.27. The van der Waals surface area contributed by atoms with Gasteiger partial charge in [0.15, 0.2) is 10.8 Å². The van der Waals surface area contributed by atoms with Gasteiger partial charge in [-0.1, -0.05) is 31.7 Å². The van der Waals surface area contributed by atoms with E-state index in [0.29, 0.717) is 34.7 Å². The Morgan fingerprint density at radius 3 is 2.66 bits per heavy atom. The summed E-state index contributed by atoms with van der Waals surface area (Å²) < 4.78 is 1.73. The van der Waals surface area contributed by atoms with Gasteiger partial charge in [-0.3, -0.25) is 14.9 Å². The Balaban J connectivity index is 1.77. The number of nitrogens with zero attached hydrogens (tertiary/aromatic N) is 5. The number of aryl methyl sites for hydroxylation is 1. The molecule has 0 aliphatic carbocycles. The van der Waals surface area contributed by atoms with Crippen LogP contribution in [0.4, 0.5) is 11.5 Å². The molecule has 0 bridgehead atoms. The molecule has 170 valence electrons. The molecule has 3 aromatic rings. The quantitative estimate of drug-likeness (QED) is 0.215. The predicted molar refractivity (Wildman–Crippen MR) is 125 cm³/mol. The van der Waals surface area contributed by atoms with Gasteiger partial charge in [-0.2, -0.15) is 5.10 Å². The molecule has 10 nitrogen and oxygen atoms in total. The monoisotopic (exact) mass is 457 g/mol. The van der Waals surface area contributed by atoms with Crippen molar-refractivity contribution in [2.24, 2.45) is 0 Å². The minimum atomic E-state index is -0.489. The number of amides is 1. The maximum atomic E-state index is 12.5. The molecule has 0 aliphatic rings. The SMILES string of the molecule is Cc1ccc(C(=O)NCCn2ncc3c(NC(C)C)nc(SC(C)C)nc32)cc1[N+](=O)[O-]. The summed E-state index contributed by atoms with van der Waals surface area (Å²) in [7, 11) is 0. The summed E-state index contributed by atoms with van der Waals surface area (Å²) >= 11 is 1.57. The molecule has 0 fully saturated rings. The van der Waals surface area contributed by atoms with Gasteiger partial charge < -0.3 is 10.6 Å². The topological polar surface area (TPSA) is 128 Å². The van der Waals surface area contributed by atoms with Gasteiger partial charge in [0.05, 0.1) is 23.1 Å². The highest BCUT2D eigenvalue weighted by molar-refractivity contribution is 7.99. The van der Waals surface area contributed by atoms with Crippen LogP contribution in [0.15, 0.2) is 29.6 Å². The molecular formula is C21H27N7O3S. The molecule has 2 heterocycles. The van der Waals surface area contributed by atoms with E-state index in [1.54, 1.807) is 41.7 Å². The highest BCUT2D eigenvalue weighted by Crippen LogP contribution is 2.27. The third-order valence-electron chi connectivity index (χ3n) is 4.52. The number of aromatic nitrogens is 4. The fourth-order valence-corrected chi connectivity index (χ4v) is 3.78. The highest BCUT2D eigenvalue weighted by Gasteiger charge is 2.17. The van der Waals surface area contributed by atoms with Crippen molar-refractivity contribution in [3.8, 4) is 0 Å². The lowest BCUT2D eigenvalue weighted by Gasteiger charge is -2.12. The van der Waals surface area contributed by atoms with Crippen LogP contribution in [0.3, 0.4) is 0 Å². The largest absolute Gasteiger partial charge is 0.367 e. The van der Waals surface area contributed by atoms with Crippen LogP contribution in [-0.2, 0) is 6.54 Å². The number of carbonyl (C=O) groups excluding carboxylic acids is 1. The van der Waals surface area contributed by atoms with Gasteiger partial charge in [0.25, 0.3) is 11.6 Å². The predicted octanol–water partition coefficient (Wildman–Crippen LogP) is 3.79. The zero-order valence-corrected chi connectivity index (χ0v) is 19.6. The number of nitro groups is 1. The van der Waals surface area contributed by atoms with Gasteiger partial charge in [-0.05, 0) is 26.8 Å². The van der Waals surface area contributed by atoms with Crippen LogP contribution in [0.5, 0.6) is 0 Å². The molecule has 0 spiro atoms. The molecule has 32 heavy (non-hydrogen) atoms. The maximum absolute atomic E-state index is 12.5. The molecule has 1 amide bonds. The van der Waals surface area contributed by atoms with E-state index in [-0.39, 0.29) is 23.2 Å². The lowest BCUT2D eigenvalue weighted by atomic mass is 10.1. The Hall–Kier alpha value is -3.21. The zero-order valence-electron chi connectivity index (χ0n) is 18.7. The average molecular weight is 458 g/mol. The zero-order chi connectivity index (χ0) is 23.4. The summed E-state index contributed by atoms with van der Waals surface area (Å²) in [6.07, 6.45) is 1.72. The molecule has 0 saturated heterocycles. The van der Waals surface area contributed by atoms with Crippen molar-refractivity contribution >= 4 is 40.2 Å². The first-order valence-corrected chi connectivity index (χ1v) is 11.2. The van der Waals surface area contributed by atoms with E-state index in [0.717, 1.165) is 11.2 Å². The molecule has 3 rings (SSSR count). The van der Waals surface area contributed by atoms with Crippen LogP contribution >= 0.6 is 11.8 Å². The van der Waals surface area contributed by atoms with Crippen molar-refractivity contribution in [1.82, 2.24) is 25.1 Å². The summed E-state index contributed by atoms with van der Waals surface area (Å²) in [6.45, 7) is 10.6. The minimum absolute atomic E-state index is 0.0761. The number of anilines is 1. The number of carbonyl (C=O) groups is 1. The van der Waals surface area contributed by atoms with Crippen molar-refractivity contribution in [2.75, 3.05) is 11.9 Å². The Bertz CT molecular complexity index is 1140. The number of nitro benzene ring substituents is 1. The van der Waals surface area contributed by atoms with Crippen LogP contribution in [0.2, 0.25) is 0 Å². The maximum Gasteiger partial charge on any atom is 0.273 e. The van der Waals surface area contributed by atoms with Gasteiger partial charge in [0.2, 0.25) is 0 Å². The Morgan fingerprint density at radius 1 is 1.25 bits per heavy atom. The second kappa shape index (κ2) is 9.94. The van der Waals surface area contributed by atoms with E-state index in [1.165, 1.54) is 6.07 Å². The van der Waals surface area contributed by atoms with Crippen molar-refractivity contribution in [2.45, 2.75) is 57.6 Å². The number of fused-ring (bicyclic) bond motifs is 1. The number of nitrogens with one attached hydrogen (secondary N) is 2. The number of hydrogen-bond acceptors (Lipinski definition) is 8. The fourth-order valence-electron chi connectivity index (χ4n) is 3.07.